The zero-order chi connectivity index (χ0) is 23.5. The number of urea groups is 1. The van der Waals surface area contributed by atoms with E-state index >= 15 is 4.39 Å². The van der Waals surface area contributed by atoms with Gasteiger partial charge < -0.3 is 9.64 Å². The molecular formula is C22H20FN5O4S. The van der Waals surface area contributed by atoms with Gasteiger partial charge in [0, 0.05) is 12.2 Å². The smallest absolute Gasteiger partial charge is 0.328 e. The van der Waals surface area contributed by atoms with E-state index in [4.69, 9.17) is 4.74 Å². The molecule has 3 atom stereocenters. The van der Waals surface area contributed by atoms with Crippen molar-refractivity contribution in [3.05, 3.63) is 39.1 Å². The Kier molecular flexibility index (Phi) is 4.95. The van der Waals surface area contributed by atoms with Crippen LogP contribution in [0.3, 0.4) is 0 Å². The molecule has 11 heteroatoms. The van der Waals surface area contributed by atoms with Gasteiger partial charge in [0.25, 0.3) is 0 Å². The van der Waals surface area contributed by atoms with Gasteiger partial charge >= 0.3 is 6.03 Å². The molecule has 33 heavy (non-hydrogen) atoms. The van der Waals surface area contributed by atoms with Crippen molar-refractivity contribution in [1.29, 1.82) is 0 Å². The number of carbonyl (C=O) groups is 3. The minimum Gasteiger partial charge on any atom is -0.372 e. The van der Waals surface area contributed by atoms with Gasteiger partial charge in [0.1, 0.15) is 10.8 Å². The maximum atomic E-state index is 15.1. The maximum absolute atomic E-state index is 15.1. The number of barbiturate groups is 1. The largest absolute Gasteiger partial charge is 0.372 e. The number of ether oxygens (including phenoxy) is 1. The van der Waals surface area contributed by atoms with Crippen LogP contribution in [0.15, 0.2) is 12.1 Å². The zero-order valence-corrected chi connectivity index (χ0v) is 18.9. The van der Waals surface area contributed by atoms with E-state index in [0.717, 1.165) is 5.01 Å². The quantitative estimate of drug-likeness (QED) is 0.441. The lowest BCUT2D eigenvalue weighted by molar-refractivity contribution is -0.153. The van der Waals surface area contributed by atoms with Crippen molar-refractivity contribution in [2.45, 2.75) is 45.4 Å². The first-order valence-electron chi connectivity index (χ1n) is 10.4. The third kappa shape index (κ3) is 3.37. The van der Waals surface area contributed by atoms with Crippen LogP contribution in [-0.4, -0.2) is 52.8 Å². The van der Waals surface area contributed by atoms with Crippen LogP contribution in [0.5, 0.6) is 0 Å². The maximum Gasteiger partial charge on any atom is 0.328 e. The number of fused-ring (bicyclic) bond motifs is 4. The second-order valence-electron chi connectivity index (χ2n) is 8.47. The van der Waals surface area contributed by atoms with Gasteiger partial charge in [-0.25, -0.2) is 9.18 Å². The van der Waals surface area contributed by atoms with E-state index in [2.05, 4.69) is 32.7 Å². The fourth-order valence-electron chi connectivity index (χ4n) is 5.02. The fraction of sp³-hybridized carbons (Fsp3) is 0.409. The van der Waals surface area contributed by atoms with Crippen molar-refractivity contribution in [2.75, 3.05) is 11.4 Å². The van der Waals surface area contributed by atoms with Gasteiger partial charge in [-0.15, -0.1) is 10.2 Å². The molecule has 2 saturated heterocycles. The molecule has 4 amide bonds. The average molecular weight is 469 g/mol. The van der Waals surface area contributed by atoms with Crippen LogP contribution in [-0.2, 0) is 20.7 Å². The number of carbonyl (C=O) groups excluding carboxylic acids is 3. The molecular weight excluding hydrogens is 449 g/mol. The number of nitrogens with one attached hydrogen (secondary N) is 2. The standard InChI is InChI=1S/C22H20FN5O4S/c1-10-9-28-16-7-15(23)13(4-5-17-27-26-12(3)33-17)6-14(16)8-22(18(28)11(2)32-10)19(29)24-21(31)25-20(22)30/h6-7,10-11,18H,8-9H2,1-3H3,(H2,24,25,29,30,31)/t10-,11+,18-/m1/s1. The van der Waals surface area contributed by atoms with Crippen molar-refractivity contribution in [2.24, 2.45) is 5.41 Å². The number of morpholine rings is 1. The third-order valence-electron chi connectivity index (χ3n) is 6.23. The molecule has 4 heterocycles. The van der Waals surface area contributed by atoms with Gasteiger partial charge in [0.15, 0.2) is 10.4 Å². The lowest BCUT2D eigenvalue weighted by Crippen LogP contribution is -2.75. The van der Waals surface area contributed by atoms with Crippen LogP contribution in [0.25, 0.3) is 0 Å². The number of hydrogen-bond donors (Lipinski definition) is 2. The van der Waals surface area contributed by atoms with Crippen molar-refractivity contribution in [1.82, 2.24) is 20.8 Å². The number of halogens is 1. The monoisotopic (exact) mass is 469 g/mol. The predicted octanol–water partition coefficient (Wildman–Crippen LogP) is 1.28. The first-order chi connectivity index (χ1) is 15.7. The second-order valence-corrected chi connectivity index (χ2v) is 9.65. The third-order valence-corrected chi connectivity index (χ3v) is 6.98. The molecule has 2 N–H and O–H groups in total. The zero-order valence-electron chi connectivity index (χ0n) is 18.1. The fourth-order valence-corrected chi connectivity index (χ4v) is 5.57. The summed E-state index contributed by atoms with van der Waals surface area (Å²) in [4.78, 5) is 39.9. The van der Waals surface area contributed by atoms with Crippen LogP contribution in [0, 0.1) is 30.0 Å². The lowest BCUT2D eigenvalue weighted by atomic mass is 9.66. The number of aromatic nitrogens is 2. The van der Waals surface area contributed by atoms with Crippen LogP contribution < -0.4 is 15.5 Å². The Morgan fingerprint density at radius 1 is 1.18 bits per heavy atom. The van der Waals surface area contributed by atoms with E-state index in [9.17, 15) is 14.4 Å². The predicted molar refractivity (Wildman–Crippen MR) is 116 cm³/mol. The molecule has 0 bridgehead atoms. The molecule has 1 aromatic carbocycles. The number of nitrogens with zero attached hydrogens (tertiary/aromatic N) is 3. The Bertz CT molecular complexity index is 1250. The number of imide groups is 2. The first-order valence-corrected chi connectivity index (χ1v) is 11.2. The summed E-state index contributed by atoms with van der Waals surface area (Å²) < 4.78 is 21.0. The highest BCUT2D eigenvalue weighted by Gasteiger charge is 2.62. The summed E-state index contributed by atoms with van der Waals surface area (Å²) in [5.41, 5.74) is -0.317. The van der Waals surface area contributed by atoms with Gasteiger partial charge in [-0.05, 0) is 50.8 Å². The summed E-state index contributed by atoms with van der Waals surface area (Å²) in [6, 6.07) is 1.38. The summed E-state index contributed by atoms with van der Waals surface area (Å²) in [5.74, 6) is 3.70. The van der Waals surface area contributed by atoms with Gasteiger partial charge in [-0.3, -0.25) is 20.2 Å². The molecule has 0 unspecified atom stereocenters. The van der Waals surface area contributed by atoms with E-state index in [1.54, 1.807) is 19.9 Å². The Labute approximate surface area is 192 Å². The topological polar surface area (TPSA) is 114 Å². The van der Waals surface area contributed by atoms with E-state index < -0.39 is 41.2 Å². The first kappa shape index (κ1) is 21.5. The van der Waals surface area contributed by atoms with Crippen LogP contribution in [0.1, 0.15) is 35.0 Å². The van der Waals surface area contributed by atoms with E-state index in [-0.39, 0.29) is 18.1 Å². The molecule has 1 aromatic heterocycles. The molecule has 5 rings (SSSR count). The Morgan fingerprint density at radius 2 is 1.91 bits per heavy atom. The molecule has 1 spiro atoms. The summed E-state index contributed by atoms with van der Waals surface area (Å²) in [6.07, 6.45) is -0.753. The van der Waals surface area contributed by atoms with Gasteiger partial charge in [-0.1, -0.05) is 17.3 Å². The van der Waals surface area contributed by atoms with Crippen LogP contribution in [0.4, 0.5) is 14.9 Å². The summed E-state index contributed by atoms with van der Waals surface area (Å²) in [6.45, 7) is 5.80. The van der Waals surface area contributed by atoms with Gasteiger partial charge in [0.2, 0.25) is 11.8 Å². The number of hydrogen-bond acceptors (Lipinski definition) is 8. The molecule has 0 radical (unpaired) electrons. The summed E-state index contributed by atoms with van der Waals surface area (Å²) in [7, 11) is 0. The molecule has 170 valence electrons. The molecule has 2 aromatic rings. The highest BCUT2D eigenvalue weighted by Crippen LogP contribution is 2.47. The van der Waals surface area contributed by atoms with Crippen molar-refractivity contribution >= 4 is 34.9 Å². The molecule has 9 nitrogen and oxygen atoms in total. The molecule has 2 fully saturated rings. The number of anilines is 1. The minimum absolute atomic E-state index is 0.0244. The van der Waals surface area contributed by atoms with Crippen molar-refractivity contribution < 1.29 is 23.5 Å². The molecule has 0 aliphatic carbocycles. The Balaban J connectivity index is 1.64. The lowest BCUT2D eigenvalue weighted by Gasteiger charge is -2.55. The highest BCUT2D eigenvalue weighted by molar-refractivity contribution is 7.11. The van der Waals surface area contributed by atoms with Gasteiger partial charge in [-0.2, -0.15) is 0 Å². The number of aryl methyl sites for hydroxylation is 1. The molecule has 0 saturated carbocycles. The van der Waals surface area contributed by atoms with E-state index in [1.807, 2.05) is 11.8 Å². The molecule has 3 aliphatic heterocycles. The number of amides is 4. The SMILES string of the molecule is Cc1nnc(C#Cc2cc3c(cc2F)N2C[C@@H](C)O[C@@H](C)[C@@H]2C2(C3)C(=O)NC(=O)NC2=O)s1. The van der Waals surface area contributed by atoms with Gasteiger partial charge in [0.05, 0.1) is 23.8 Å². The highest BCUT2D eigenvalue weighted by atomic mass is 32.1. The van der Waals surface area contributed by atoms with Crippen LogP contribution in [0.2, 0.25) is 0 Å². The number of benzene rings is 1. The second kappa shape index (κ2) is 7.60. The Hall–Kier alpha value is -3.36. The minimum atomic E-state index is -1.61. The average Bonchev–Trinajstić information content (AvgIpc) is 3.15. The summed E-state index contributed by atoms with van der Waals surface area (Å²) in [5, 5.41) is 13.5. The Morgan fingerprint density at radius 3 is 2.58 bits per heavy atom. The van der Waals surface area contributed by atoms with E-state index in [1.165, 1.54) is 17.4 Å². The normalized spacial score (nSPS) is 25.5. The summed E-state index contributed by atoms with van der Waals surface area (Å²) >= 11 is 1.30. The van der Waals surface area contributed by atoms with Crippen LogP contribution >= 0.6 is 11.3 Å². The van der Waals surface area contributed by atoms with Crippen molar-refractivity contribution in [3.63, 3.8) is 0 Å². The van der Waals surface area contributed by atoms with E-state index in [0.29, 0.717) is 22.8 Å². The molecule has 3 aliphatic rings. The number of rotatable bonds is 0. The van der Waals surface area contributed by atoms with Crippen molar-refractivity contribution in [3.8, 4) is 11.8 Å².